The Bertz CT molecular complexity index is 466. The molecule has 0 aliphatic carbocycles. The Morgan fingerprint density at radius 2 is 2.50 bits per heavy atom. The van der Waals surface area contributed by atoms with E-state index in [9.17, 15) is 4.79 Å². The second kappa shape index (κ2) is 6.30. The first kappa shape index (κ1) is 12.8. The van der Waals surface area contributed by atoms with Crippen molar-refractivity contribution in [3.8, 4) is 0 Å². The fourth-order valence-corrected chi connectivity index (χ4v) is 2.53. The third-order valence-corrected chi connectivity index (χ3v) is 3.43. The van der Waals surface area contributed by atoms with E-state index in [2.05, 4.69) is 26.8 Å². The molecule has 18 heavy (non-hydrogen) atoms. The van der Waals surface area contributed by atoms with Gasteiger partial charge in [0.2, 0.25) is 5.91 Å². The number of hydrogen-bond acceptors (Lipinski definition) is 4. The van der Waals surface area contributed by atoms with Gasteiger partial charge in [0.1, 0.15) is 12.7 Å². The largest absolute Gasteiger partial charge is 0.353 e. The molecule has 0 fully saturated rings. The van der Waals surface area contributed by atoms with Gasteiger partial charge in [0, 0.05) is 23.8 Å². The topological polar surface area (TPSA) is 59.8 Å². The van der Waals surface area contributed by atoms with Gasteiger partial charge in [-0.25, -0.2) is 4.98 Å². The molecule has 5 nitrogen and oxygen atoms in total. The molecule has 6 heteroatoms. The lowest BCUT2D eigenvalue weighted by atomic mass is 10.2. The molecule has 1 unspecified atom stereocenters. The Hall–Kier alpha value is -1.69. The van der Waals surface area contributed by atoms with Crippen LogP contribution in [0.4, 0.5) is 0 Å². The Labute approximate surface area is 110 Å². The van der Waals surface area contributed by atoms with Crippen LogP contribution in [0.2, 0.25) is 0 Å². The number of carbonyl (C=O) groups excluding carboxylic acids is 1. The van der Waals surface area contributed by atoms with Crippen LogP contribution in [0.3, 0.4) is 0 Å². The van der Waals surface area contributed by atoms with E-state index in [1.165, 1.54) is 11.2 Å². The molecule has 0 aliphatic rings. The molecule has 0 radical (unpaired) electrons. The van der Waals surface area contributed by atoms with E-state index in [1.54, 1.807) is 22.3 Å². The van der Waals surface area contributed by atoms with Crippen molar-refractivity contribution in [2.24, 2.45) is 0 Å². The zero-order chi connectivity index (χ0) is 12.8. The number of nitrogens with one attached hydrogen (secondary N) is 1. The molecule has 2 aromatic rings. The average Bonchev–Trinajstić information content (AvgIpc) is 2.98. The summed E-state index contributed by atoms with van der Waals surface area (Å²) in [6.07, 6.45) is 4.39. The quantitative estimate of drug-likeness (QED) is 0.859. The van der Waals surface area contributed by atoms with Gasteiger partial charge in [-0.05, 0) is 18.4 Å². The van der Waals surface area contributed by atoms with E-state index >= 15 is 0 Å². The van der Waals surface area contributed by atoms with Crippen LogP contribution in [0, 0.1) is 0 Å². The molecule has 0 aromatic carbocycles. The molecule has 2 rings (SSSR count). The average molecular weight is 264 g/mol. The summed E-state index contributed by atoms with van der Waals surface area (Å²) in [6, 6.07) is 4.27. The molecular formula is C12H16N4OS. The van der Waals surface area contributed by atoms with Crippen molar-refractivity contribution < 1.29 is 4.79 Å². The van der Waals surface area contributed by atoms with Crippen LogP contribution in [0.15, 0.2) is 30.2 Å². The van der Waals surface area contributed by atoms with Gasteiger partial charge in [-0.1, -0.05) is 6.07 Å². The van der Waals surface area contributed by atoms with Crippen LogP contribution in [-0.4, -0.2) is 26.7 Å². The molecule has 1 atom stereocenters. The first-order valence-electron chi connectivity index (χ1n) is 5.88. The smallest absolute Gasteiger partial charge is 0.222 e. The maximum atomic E-state index is 11.7. The fourth-order valence-electron chi connectivity index (χ4n) is 1.69. The van der Waals surface area contributed by atoms with Crippen LogP contribution in [0.5, 0.6) is 0 Å². The zero-order valence-electron chi connectivity index (χ0n) is 10.2. The van der Waals surface area contributed by atoms with Gasteiger partial charge in [-0.2, -0.15) is 5.10 Å². The molecule has 0 saturated carbocycles. The third kappa shape index (κ3) is 3.96. The normalized spacial score (nSPS) is 12.3. The standard InChI is InChI=1S/C12H16N4OS/c1-10(7-11-3-2-6-18-11)15-12(17)4-5-16-9-13-8-14-16/h2-3,6,8-10H,4-5,7H2,1H3,(H,15,17). The van der Waals surface area contributed by atoms with E-state index in [0.29, 0.717) is 13.0 Å². The second-order valence-corrected chi connectivity index (χ2v) is 5.19. The van der Waals surface area contributed by atoms with E-state index in [0.717, 1.165) is 6.42 Å². The summed E-state index contributed by atoms with van der Waals surface area (Å²) in [5.41, 5.74) is 0. The summed E-state index contributed by atoms with van der Waals surface area (Å²) in [4.78, 5) is 16.8. The molecule has 2 heterocycles. The Morgan fingerprint density at radius 3 is 3.17 bits per heavy atom. The van der Waals surface area contributed by atoms with Crippen LogP contribution in [0.25, 0.3) is 0 Å². The number of amides is 1. The molecule has 1 amide bonds. The van der Waals surface area contributed by atoms with Crippen molar-refractivity contribution in [3.05, 3.63) is 35.0 Å². The summed E-state index contributed by atoms with van der Waals surface area (Å²) in [5, 5.41) is 8.99. The molecule has 0 bridgehead atoms. The Morgan fingerprint density at radius 1 is 1.61 bits per heavy atom. The maximum Gasteiger partial charge on any atom is 0.222 e. The number of hydrogen-bond donors (Lipinski definition) is 1. The highest BCUT2D eigenvalue weighted by Crippen LogP contribution is 2.10. The number of thiophene rings is 1. The van der Waals surface area contributed by atoms with Crippen molar-refractivity contribution in [3.63, 3.8) is 0 Å². The number of nitrogens with zero attached hydrogens (tertiary/aromatic N) is 3. The number of rotatable bonds is 6. The maximum absolute atomic E-state index is 11.7. The summed E-state index contributed by atoms with van der Waals surface area (Å²) >= 11 is 1.72. The van der Waals surface area contributed by atoms with Gasteiger partial charge in [-0.15, -0.1) is 11.3 Å². The molecule has 1 N–H and O–H groups in total. The number of aryl methyl sites for hydroxylation is 1. The summed E-state index contributed by atoms with van der Waals surface area (Å²) in [5.74, 6) is 0.0505. The van der Waals surface area contributed by atoms with Crippen LogP contribution in [-0.2, 0) is 17.8 Å². The lowest BCUT2D eigenvalue weighted by Gasteiger charge is -2.12. The lowest BCUT2D eigenvalue weighted by Crippen LogP contribution is -2.34. The summed E-state index contributed by atoms with van der Waals surface area (Å²) in [7, 11) is 0. The zero-order valence-corrected chi connectivity index (χ0v) is 11.1. The minimum Gasteiger partial charge on any atom is -0.353 e. The number of carbonyl (C=O) groups is 1. The first-order valence-corrected chi connectivity index (χ1v) is 6.76. The van der Waals surface area contributed by atoms with Crippen LogP contribution >= 0.6 is 11.3 Å². The molecule has 96 valence electrons. The fraction of sp³-hybridized carbons (Fsp3) is 0.417. The van der Waals surface area contributed by atoms with Crippen molar-refractivity contribution >= 4 is 17.2 Å². The van der Waals surface area contributed by atoms with Gasteiger partial charge >= 0.3 is 0 Å². The SMILES string of the molecule is CC(Cc1cccs1)NC(=O)CCn1cncn1. The van der Waals surface area contributed by atoms with E-state index in [-0.39, 0.29) is 11.9 Å². The lowest BCUT2D eigenvalue weighted by molar-refractivity contribution is -0.121. The van der Waals surface area contributed by atoms with Gasteiger partial charge in [0.15, 0.2) is 0 Å². The van der Waals surface area contributed by atoms with Crippen LogP contribution in [0.1, 0.15) is 18.2 Å². The van der Waals surface area contributed by atoms with Crippen molar-refractivity contribution in [1.82, 2.24) is 20.1 Å². The van der Waals surface area contributed by atoms with Gasteiger partial charge < -0.3 is 5.32 Å². The predicted octanol–water partition coefficient (Wildman–Crippen LogP) is 1.48. The minimum absolute atomic E-state index is 0.0505. The molecule has 2 aromatic heterocycles. The Balaban J connectivity index is 1.70. The first-order chi connectivity index (χ1) is 8.74. The highest BCUT2D eigenvalue weighted by Gasteiger charge is 2.08. The predicted molar refractivity (Wildman–Crippen MR) is 70.3 cm³/mol. The van der Waals surface area contributed by atoms with Crippen molar-refractivity contribution in [1.29, 1.82) is 0 Å². The van der Waals surface area contributed by atoms with Gasteiger partial charge in [-0.3, -0.25) is 9.48 Å². The van der Waals surface area contributed by atoms with E-state index in [4.69, 9.17) is 0 Å². The van der Waals surface area contributed by atoms with E-state index < -0.39 is 0 Å². The molecular weight excluding hydrogens is 248 g/mol. The highest BCUT2D eigenvalue weighted by atomic mass is 32.1. The third-order valence-electron chi connectivity index (χ3n) is 2.53. The summed E-state index contributed by atoms with van der Waals surface area (Å²) < 4.78 is 1.66. The minimum atomic E-state index is 0.0505. The molecule has 0 aliphatic heterocycles. The highest BCUT2D eigenvalue weighted by molar-refractivity contribution is 7.09. The summed E-state index contributed by atoms with van der Waals surface area (Å²) in [6.45, 7) is 2.59. The van der Waals surface area contributed by atoms with Gasteiger partial charge in [0.25, 0.3) is 0 Å². The monoisotopic (exact) mass is 264 g/mol. The Kier molecular flexibility index (Phi) is 4.46. The molecule has 0 saturated heterocycles. The second-order valence-electron chi connectivity index (χ2n) is 4.16. The molecule has 0 spiro atoms. The number of aromatic nitrogens is 3. The van der Waals surface area contributed by atoms with Gasteiger partial charge in [0.05, 0.1) is 6.54 Å². The van der Waals surface area contributed by atoms with Crippen molar-refractivity contribution in [2.75, 3.05) is 0 Å². The van der Waals surface area contributed by atoms with E-state index in [1.807, 2.05) is 13.0 Å². The van der Waals surface area contributed by atoms with Crippen molar-refractivity contribution in [2.45, 2.75) is 32.4 Å². The van der Waals surface area contributed by atoms with Crippen LogP contribution < -0.4 is 5.32 Å².